The first-order chi connectivity index (χ1) is 15.1. The number of rotatable bonds is 14. The van der Waals surface area contributed by atoms with Gasteiger partial charge >= 0.3 is 5.97 Å². The number of non-ortho nitro benzene ring substituents is 1. The first kappa shape index (κ1) is 24.1. The van der Waals surface area contributed by atoms with Crippen LogP contribution in [0.4, 0.5) is 5.69 Å². The van der Waals surface area contributed by atoms with E-state index in [1.807, 2.05) is 24.3 Å². The minimum absolute atomic E-state index is 0.0555. The minimum Gasteiger partial charge on any atom is -0.494 e. The Labute approximate surface area is 184 Å². The predicted molar refractivity (Wildman–Crippen MR) is 122 cm³/mol. The van der Waals surface area contributed by atoms with Crippen LogP contribution in [0.2, 0.25) is 0 Å². The van der Waals surface area contributed by atoms with Crippen LogP contribution in [-0.2, 0) is 4.79 Å². The maximum absolute atomic E-state index is 11.9. The Morgan fingerprint density at radius 1 is 0.871 bits per heavy atom. The molecule has 0 aliphatic carbocycles. The molecule has 0 aliphatic rings. The van der Waals surface area contributed by atoms with Crippen LogP contribution in [0.3, 0.4) is 0 Å². The van der Waals surface area contributed by atoms with Gasteiger partial charge in [-0.1, -0.05) is 64.0 Å². The van der Waals surface area contributed by atoms with Crippen LogP contribution in [0.1, 0.15) is 63.9 Å². The van der Waals surface area contributed by atoms with E-state index in [9.17, 15) is 14.9 Å². The van der Waals surface area contributed by atoms with E-state index in [-0.39, 0.29) is 11.4 Å². The van der Waals surface area contributed by atoms with Gasteiger partial charge in [-0.25, -0.2) is 4.79 Å². The van der Waals surface area contributed by atoms with Gasteiger partial charge in [0.1, 0.15) is 11.5 Å². The van der Waals surface area contributed by atoms with Crippen LogP contribution in [0.25, 0.3) is 6.08 Å². The van der Waals surface area contributed by atoms with Gasteiger partial charge in [0.15, 0.2) is 0 Å². The molecule has 166 valence electrons. The second-order valence-corrected chi connectivity index (χ2v) is 7.40. The lowest BCUT2D eigenvalue weighted by Gasteiger charge is -2.06. The fraction of sp³-hybridized carbons (Fsp3) is 0.400. The maximum Gasteiger partial charge on any atom is 0.336 e. The summed E-state index contributed by atoms with van der Waals surface area (Å²) in [4.78, 5) is 22.0. The number of unbranched alkanes of at least 4 members (excludes halogenated alkanes) is 7. The van der Waals surface area contributed by atoms with Crippen molar-refractivity contribution >= 4 is 17.7 Å². The molecular formula is C25H31NO5. The largest absolute Gasteiger partial charge is 0.494 e. The summed E-state index contributed by atoms with van der Waals surface area (Å²) < 4.78 is 10.9. The van der Waals surface area contributed by atoms with Crippen molar-refractivity contribution in [1.29, 1.82) is 0 Å². The van der Waals surface area contributed by atoms with Gasteiger partial charge < -0.3 is 9.47 Å². The van der Waals surface area contributed by atoms with Crippen LogP contribution in [0.15, 0.2) is 54.6 Å². The zero-order valence-electron chi connectivity index (χ0n) is 18.1. The third-order valence-electron chi connectivity index (χ3n) is 4.82. The van der Waals surface area contributed by atoms with Crippen LogP contribution in [0.5, 0.6) is 11.5 Å². The van der Waals surface area contributed by atoms with Crippen molar-refractivity contribution in [3.8, 4) is 11.5 Å². The Morgan fingerprint density at radius 3 is 2.06 bits per heavy atom. The zero-order chi connectivity index (χ0) is 22.3. The Hall–Kier alpha value is -3.15. The number of nitro groups is 1. The van der Waals surface area contributed by atoms with Crippen molar-refractivity contribution in [2.75, 3.05) is 6.61 Å². The Bertz CT molecular complexity index is 828. The molecule has 0 aromatic heterocycles. The van der Waals surface area contributed by atoms with Gasteiger partial charge in [-0.05, 0) is 42.3 Å². The highest BCUT2D eigenvalue weighted by Gasteiger charge is 2.06. The number of nitro benzene ring substituents is 1. The fourth-order valence-electron chi connectivity index (χ4n) is 3.05. The van der Waals surface area contributed by atoms with Gasteiger partial charge in [-0.2, -0.15) is 0 Å². The lowest BCUT2D eigenvalue weighted by Crippen LogP contribution is -2.03. The summed E-state index contributed by atoms with van der Waals surface area (Å²) in [5.74, 6) is 0.516. The van der Waals surface area contributed by atoms with Gasteiger partial charge in [0.25, 0.3) is 5.69 Å². The molecule has 0 aliphatic heterocycles. The molecule has 0 heterocycles. The summed E-state index contributed by atoms with van der Waals surface area (Å²) in [7, 11) is 0. The molecule has 0 saturated carbocycles. The quantitative estimate of drug-likeness (QED) is 0.0837. The average Bonchev–Trinajstić information content (AvgIpc) is 2.78. The summed E-state index contributed by atoms with van der Waals surface area (Å²) in [6.07, 6.45) is 13.1. The van der Waals surface area contributed by atoms with E-state index < -0.39 is 10.9 Å². The molecule has 0 radical (unpaired) electrons. The predicted octanol–water partition coefficient (Wildman–Crippen LogP) is 6.73. The smallest absolute Gasteiger partial charge is 0.336 e. The molecule has 0 spiro atoms. The van der Waals surface area contributed by atoms with Crippen LogP contribution < -0.4 is 9.47 Å². The maximum atomic E-state index is 11.9. The van der Waals surface area contributed by atoms with E-state index in [2.05, 4.69) is 6.92 Å². The number of hydrogen-bond acceptors (Lipinski definition) is 5. The number of esters is 1. The number of benzene rings is 2. The van der Waals surface area contributed by atoms with Gasteiger partial charge in [0.05, 0.1) is 11.5 Å². The molecule has 0 atom stereocenters. The highest BCUT2D eigenvalue weighted by atomic mass is 16.6. The molecule has 6 nitrogen and oxygen atoms in total. The summed E-state index contributed by atoms with van der Waals surface area (Å²) >= 11 is 0. The van der Waals surface area contributed by atoms with E-state index in [4.69, 9.17) is 9.47 Å². The third kappa shape index (κ3) is 9.94. The highest BCUT2D eigenvalue weighted by molar-refractivity contribution is 5.88. The highest BCUT2D eigenvalue weighted by Crippen LogP contribution is 2.18. The van der Waals surface area contributed by atoms with Crippen LogP contribution >= 0.6 is 0 Å². The van der Waals surface area contributed by atoms with Crippen molar-refractivity contribution in [2.24, 2.45) is 0 Å². The molecule has 6 heteroatoms. The number of nitrogens with zero attached hydrogens (tertiary/aromatic N) is 1. The molecule has 0 bridgehead atoms. The zero-order valence-corrected chi connectivity index (χ0v) is 18.1. The summed E-state index contributed by atoms with van der Waals surface area (Å²) in [5.41, 5.74) is 0.792. The molecule has 0 amide bonds. The second-order valence-electron chi connectivity index (χ2n) is 7.40. The molecular weight excluding hydrogens is 394 g/mol. The van der Waals surface area contributed by atoms with E-state index >= 15 is 0 Å². The first-order valence-electron chi connectivity index (χ1n) is 11.0. The lowest BCUT2D eigenvalue weighted by atomic mass is 10.1. The number of carbonyl (C=O) groups excluding carboxylic acids is 1. The average molecular weight is 426 g/mol. The van der Waals surface area contributed by atoms with Crippen molar-refractivity contribution in [1.82, 2.24) is 0 Å². The molecule has 0 saturated heterocycles. The number of hydrogen-bond donors (Lipinski definition) is 0. The van der Waals surface area contributed by atoms with Crippen molar-refractivity contribution in [3.05, 3.63) is 70.3 Å². The molecule has 0 fully saturated rings. The Kier molecular flexibility index (Phi) is 10.9. The molecule has 0 unspecified atom stereocenters. The molecule has 0 N–H and O–H groups in total. The third-order valence-corrected chi connectivity index (χ3v) is 4.82. The standard InChI is InChI=1S/C25H31NO5/c1-2-3-4-5-6-7-8-9-20-30-23-15-10-21(11-16-23)12-19-25(27)31-24-17-13-22(14-18-24)26(28)29/h10-19H,2-9,20H2,1H3. The lowest BCUT2D eigenvalue weighted by molar-refractivity contribution is -0.384. The Morgan fingerprint density at radius 2 is 1.45 bits per heavy atom. The Balaban J connectivity index is 1.66. The van der Waals surface area contributed by atoms with E-state index in [0.717, 1.165) is 17.7 Å². The van der Waals surface area contributed by atoms with E-state index in [1.54, 1.807) is 6.08 Å². The van der Waals surface area contributed by atoms with Crippen molar-refractivity contribution in [3.63, 3.8) is 0 Å². The van der Waals surface area contributed by atoms with Crippen molar-refractivity contribution < 1.29 is 19.2 Å². The van der Waals surface area contributed by atoms with Crippen LogP contribution in [0, 0.1) is 10.1 Å². The van der Waals surface area contributed by atoms with Crippen molar-refractivity contribution in [2.45, 2.75) is 58.3 Å². The van der Waals surface area contributed by atoms with Crippen LogP contribution in [-0.4, -0.2) is 17.5 Å². The fourth-order valence-corrected chi connectivity index (χ4v) is 3.05. The topological polar surface area (TPSA) is 78.7 Å². The molecule has 2 rings (SSSR count). The van der Waals surface area contributed by atoms with E-state index in [0.29, 0.717) is 6.61 Å². The first-order valence-corrected chi connectivity index (χ1v) is 11.0. The summed E-state index contributed by atoms with van der Waals surface area (Å²) in [5, 5.41) is 10.6. The van der Waals surface area contributed by atoms with Gasteiger partial charge in [-0.15, -0.1) is 0 Å². The monoisotopic (exact) mass is 425 g/mol. The van der Waals surface area contributed by atoms with Gasteiger partial charge in [0.2, 0.25) is 0 Å². The molecule has 2 aromatic carbocycles. The second kappa shape index (κ2) is 14.0. The van der Waals surface area contributed by atoms with Gasteiger partial charge in [0, 0.05) is 18.2 Å². The number of carbonyl (C=O) groups is 1. The summed E-state index contributed by atoms with van der Waals surface area (Å²) in [6.45, 7) is 2.95. The summed E-state index contributed by atoms with van der Waals surface area (Å²) in [6, 6.07) is 12.9. The minimum atomic E-state index is -0.552. The molecule has 31 heavy (non-hydrogen) atoms. The van der Waals surface area contributed by atoms with Gasteiger partial charge in [-0.3, -0.25) is 10.1 Å². The van der Waals surface area contributed by atoms with E-state index in [1.165, 1.54) is 75.3 Å². The SMILES string of the molecule is CCCCCCCCCCOc1ccc(C=CC(=O)Oc2ccc([N+](=O)[O-])cc2)cc1. The number of ether oxygens (including phenoxy) is 2. The molecule has 2 aromatic rings. The normalized spacial score (nSPS) is 10.9.